The minimum absolute atomic E-state index is 0.0382. The molecule has 1 aromatic carbocycles. The Kier molecular flexibility index (Phi) is 6.31. The van der Waals surface area contributed by atoms with Gasteiger partial charge >= 0.3 is 5.97 Å². The van der Waals surface area contributed by atoms with Crippen molar-refractivity contribution in [3.05, 3.63) is 58.8 Å². The molecule has 158 valence electrons. The van der Waals surface area contributed by atoms with Crippen molar-refractivity contribution >= 4 is 17.7 Å². The average molecular weight is 408 g/mol. The van der Waals surface area contributed by atoms with Gasteiger partial charge in [-0.25, -0.2) is 4.98 Å². The van der Waals surface area contributed by atoms with Gasteiger partial charge in [0.25, 0.3) is 0 Å². The van der Waals surface area contributed by atoms with E-state index in [-0.39, 0.29) is 18.2 Å². The molecule has 0 unspecified atom stereocenters. The number of anilines is 1. The summed E-state index contributed by atoms with van der Waals surface area (Å²) in [5, 5.41) is 12.6. The Morgan fingerprint density at radius 1 is 1.17 bits per heavy atom. The number of rotatable bonds is 6. The zero-order chi connectivity index (χ0) is 20.9. The first-order chi connectivity index (χ1) is 14.6. The normalized spacial score (nSPS) is 18.0. The summed E-state index contributed by atoms with van der Waals surface area (Å²) in [6.07, 6.45) is 5.05. The maximum atomic E-state index is 12.9. The number of carbonyl (C=O) groups excluding carboxylic acids is 1. The van der Waals surface area contributed by atoms with Crippen LogP contribution < -0.4 is 5.32 Å². The van der Waals surface area contributed by atoms with E-state index >= 15 is 0 Å². The fraction of sp³-hybridized carbons (Fsp3) is 0.458. The molecule has 6 nitrogen and oxygen atoms in total. The summed E-state index contributed by atoms with van der Waals surface area (Å²) < 4.78 is 0. The Bertz CT molecular complexity index is 928. The highest BCUT2D eigenvalue weighted by Crippen LogP contribution is 2.31. The monoisotopic (exact) mass is 407 g/mol. The molecule has 2 aromatic rings. The molecule has 1 aromatic heterocycles. The number of hydrogen-bond acceptors (Lipinski definition) is 4. The second-order valence-corrected chi connectivity index (χ2v) is 8.29. The Hall–Kier alpha value is -2.89. The maximum absolute atomic E-state index is 12.9. The van der Waals surface area contributed by atoms with E-state index in [1.54, 1.807) is 0 Å². The molecule has 0 aliphatic carbocycles. The highest BCUT2D eigenvalue weighted by molar-refractivity contribution is 5.76. The molecular weight excluding hydrogens is 378 g/mol. The molecule has 1 atom stereocenters. The van der Waals surface area contributed by atoms with Crippen molar-refractivity contribution in [3.8, 4) is 0 Å². The zero-order valence-corrected chi connectivity index (χ0v) is 17.3. The Morgan fingerprint density at radius 2 is 2.03 bits per heavy atom. The van der Waals surface area contributed by atoms with E-state index in [2.05, 4.69) is 17.4 Å². The summed E-state index contributed by atoms with van der Waals surface area (Å²) in [7, 11) is 0. The van der Waals surface area contributed by atoms with Crippen LogP contribution in [0, 0.1) is 0 Å². The van der Waals surface area contributed by atoms with Gasteiger partial charge in [-0.2, -0.15) is 0 Å². The number of fused-ring (bicyclic) bond motifs is 2. The number of pyridine rings is 1. The molecule has 4 rings (SSSR count). The first kappa shape index (κ1) is 20.4. The van der Waals surface area contributed by atoms with Gasteiger partial charge in [-0.3, -0.25) is 9.59 Å². The molecule has 0 fully saturated rings. The van der Waals surface area contributed by atoms with Gasteiger partial charge in [-0.05, 0) is 60.8 Å². The van der Waals surface area contributed by atoms with Gasteiger partial charge in [-0.1, -0.05) is 30.3 Å². The molecule has 3 heterocycles. The van der Waals surface area contributed by atoms with Crippen molar-refractivity contribution < 1.29 is 14.7 Å². The fourth-order valence-corrected chi connectivity index (χ4v) is 4.55. The lowest BCUT2D eigenvalue weighted by atomic mass is 9.90. The van der Waals surface area contributed by atoms with Crippen LogP contribution in [0.5, 0.6) is 0 Å². The minimum Gasteiger partial charge on any atom is -0.481 e. The number of nitrogens with one attached hydrogen (secondary N) is 1. The summed E-state index contributed by atoms with van der Waals surface area (Å²) in [6, 6.07) is 12.2. The van der Waals surface area contributed by atoms with Crippen LogP contribution in [-0.2, 0) is 29.0 Å². The van der Waals surface area contributed by atoms with Crippen LogP contribution in [0.2, 0.25) is 0 Å². The van der Waals surface area contributed by atoms with Crippen LogP contribution in [0.3, 0.4) is 0 Å². The molecule has 0 saturated heterocycles. The van der Waals surface area contributed by atoms with Crippen LogP contribution in [0.25, 0.3) is 0 Å². The summed E-state index contributed by atoms with van der Waals surface area (Å²) in [5.74, 6) is 0.306. The molecule has 0 spiro atoms. The predicted molar refractivity (Wildman–Crippen MR) is 115 cm³/mol. The number of aryl methyl sites for hydroxylation is 2. The summed E-state index contributed by atoms with van der Waals surface area (Å²) in [4.78, 5) is 30.8. The van der Waals surface area contributed by atoms with Crippen LogP contribution >= 0.6 is 0 Å². The largest absolute Gasteiger partial charge is 0.481 e. The quantitative estimate of drug-likeness (QED) is 0.762. The van der Waals surface area contributed by atoms with E-state index in [1.165, 1.54) is 5.56 Å². The minimum atomic E-state index is -0.790. The van der Waals surface area contributed by atoms with E-state index in [0.29, 0.717) is 25.9 Å². The van der Waals surface area contributed by atoms with Gasteiger partial charge in [0, 0.05) is 31.7 Å². The standard InChI is InChI=1S/C24H29N3O3/c28-22(9-3-7-20-11-10-17-6-4-13-25-24(17)26-20)27-14-12-18(15-23(29)30)21-8-2-1-5-19(21)16-27/h1-2,5,8,10-11,18H,3-4,6-7,9,12-16H2,(H,25,26)(H,29,30)/t18-/m0/s1. The van der Waals surface area contributed by atoms with Crippen molar-refractivity contribution in [2.45, 2.75) is 57.4 Å². The first-order valence-corrected chi connectivity index (χ1v) is 10.9. The number of aromatic nitrogens is 1. The van der Waals surface area contributed by atoms with Crippen molar-refractivity contribution in [2.24, 2.45) is 0 Å². The van der Waals surface area contributed by atoms with Crippen LogP contribution in [0.4, 0.5) is 5.82 Å². The molecule has 1 amide bonds. The molecule has 0 radical (unpaired) electrons. The second kappa shape index (κ2) is 9.28. The molecule has 30 heavy (non-hydrogen) atoms. The third-order valence-corrected chi connectivity index (χ3v) is 6.15. The molecule has 2 N–H and O–H groups in total. The van der Waals surface area contributed by atoms with Crippen LogP contribution in [0.15, 0.2) is 36.4 Å². The summed E-state index contributed by atoms with van der Waals surface area (Å²) in [5.41, 5.74) is 4.44. The van der Waals surface area contributed by atoms with E-state index in [9.17, 15) is 14.7 Å². The summed E-state index contributed by atoms with van der Waals surface area (Å²) in [6.45, 7) is 2.14. The van der Waals surface area contributed by atoms with E-state index in [0.717, 1.165) is 54.9 Å². The summed E-state index contributed by atoms with van der Waals surface area (Å²) >= 11 is 0. The third kappa shape index (κ3) is 4.81. The number of carbonyl (C=O) groups is 2. The lowest BCUT2D eigenvalue weighted by Gasteiger charge is -2.21. The van der Waals surface area contributed by atoms with Gasteiger partial charge in [0.2, 0.25) is 5.91 Å². The number of aliphatic carboxylic acids is 1. The second-order valence-electron chi connectivity index (χ2n) is 8.29. The molecule has 0 saturated carbocycles. The van der Waals surface area contributed by atoms with Gasteiger partial charge in [0.05, 0.1) is 6.42 Å². The lowest BCUT2D eigenvalue weighted by Crippen LogP contribution is -2.30. The number of carboxylic acid groups (broad SMARTS) is 1. The molecule has 0 bridgehead atoms. The zero-order valence-electron chi connectivity index (χ0n) is 17.3. The van der Waals surface area contributed by atoms with Crippen LogP contribution in [-0.4, -0.2) is 40.0 Å². The van der Waals surface area contributed by atoms with Gasteiger partial charge in [0.1, 0.15) is 5.82 Å². The number of hydrogen-bond donors (Lipinski definition) is 2. The number of benzene rings is 1. The Labute approximate surface area is 177 Å². The lowest BCUT2D eigenvalue weighted by molar-refractivity contribution is -0.137. The van der Waals surface area contributed by atoms with Crippen molar-refractivity contribution in [1.29, 1.82) is 0 Å². The van der Waals surface area contributed by atoms with E-state index in [1.807, 2.05) is 29.2 Å². The highest BCUT2D eigenvalue weighted by atomic mass is 16.4. The van der Waals surface area contributed by atoms with Crippen molar-refractivity contribution in [2.75, 3.05) is 18.4 Å². The van der Waals surface area contributed by atoms with Gasteiger partial charge in [0.15, 0.2) is 0 Å². The smallest absolute Gasteiger partial charge is 0.303 e. The van der Waals surface area contributed by atoms with Crippen molar-refractivity contribution in [3.63, 3.8) is 0 Å². The van der Waals surface area contributed by atoms with Gasteiger partial charge < -0.3 is 15.3 Å². The number of amides is 1. The predicted octanol–water partition coefficient (Wildman–Crippen LogP) is 3.75. The average Bonchev–Trinajstić information content (AvgIpc) is 2.93. The SMILES string of the molecule is O=C(O)C[C@@H]1CCN(C(=O)CCCc2ccc3c(n2)NCCC3)Cc2ccccc21. The van der Waals surface area contributed by atoms with Gasteiger partial charge in [-0.15, -0.1) is 0 Å². The van der Waals surface area contributed by atoms with Crippen molar-refractivity contribution in [1.82, 2.24) is 9.88 Å². The fourth-order valence-electron chi connectivity index (χ4n) is 4.55. The Balaban J connectivity index is 1.35. The molecule has 6 heteroatoms. The number of carboxylic acids is 1. The first-order valence-electron chi connectivity index (χ1n) is 10.9. The highest BCUT2D eigenvalue weighted by Gasteiger charge is 2.26. The maximum Gasteiger partial charge on any atom is 0.303 e. The topological polar surface area (TPSA) is 82.5 Å². The molecular formula is C24H29N3O3. The van der Waals surface area contributed by atoms with Crippen LogP contribution in [0.1, 0.15) is 60.4 Å². The van der Waals surface area contributed by atoms with E-state index < -0.39 is 5.97 Å². The molecule has 2 aliphatic heterocycles. The van der Waals surface area contributed by atoms with E-state index in [4.69, 9.17) is 4.98 Å². The Morgan fingerprint density at radius 3 is 2.90 bits per heavy atom. The third-order valence-electron chi connectivity index (χ3n) is 6.15. The number of nitrogens with zero attached hydrogens (tertiary/aromatic N) is 2. The molecule has 2 aliphatic rings.